The molecule has 7 nitrogen and oxygen atoms in total. The van der Waals surface area contributed by atoms with Crippen molar-refractivity contribution < 1.29 is 18.8 Å². The van der Waals surface area contributed by atoms with E-state index >= 15 is 0 Å². The Bertz CT molecular complexity index is 885. The van der Waals surface area contributed by atoms with E-state index in [0.717, 1.165) is 42.3 Å². The highest BCUT2D eigenvalue weighted by molar-refractivity contribution is 7.11. The summed E-state index contributed by atoms with van der Waals surface area (Å²) >= 11 is 1.52. The maximum atomic E-state index is 13.5. The van der Waals surface area contributed by atoms with Gasteiger partial charge in [0.1, 0.15) is 6.61 Å². The van der Waals surface area contributed by atoms with Crippen LogP contribution in [0.4, 0.5) is 0 Å². The lowest BCUT2D eigenvalue weighted by molar-refractivity contribution is -0.777. The fraction of sp³-hybridized carbons (Fsp3) is 0.652. The molecule has 1 aromatic rings. The van der Waals surface area contributed by atoms with Crippen LogP contribution in [0.1, 0.15) is 58.9 Å². The molecular formula is C23H35N4O3S+. The fourth-order valence-electron chi connectivity index (χ4n) is 4.29. The first kappa shape index (κ1) is 23.8. The number of aliphatic imine (C=N–C) groups is 1. The third kappa shape index (κ3) is 4.81. The van der Waals surface area contributed by atoms with Crippen molar-refractivity contribution in [1.29, 1.82) is 0 Å². The second-order valence-electron chi connectivity index (χ2n) is 9.75. The summed E-state index contributed by atoms with van der Waals surface area (Å²) in [5, 5.41) is 5.76. The Morgan fingerprint density at radius 3 is 2.71 bits per heavy atom. The van der Waals surface area contributed by atoms with E-state index < -0.39 is 11.5 Å². The molecule has 3 rings (SSSR count). The van der Waals surface area contributed by atoms with Gasteiger partial charge in [-0.3, -0.25) is 9.59 Å². The molecule has 1 saturated heterocycles. The van der Waals surface area contributed by atoms with Crippen LogP contribution in [0.5, 0.6) is 0 Å². The number of likely N-dealkylation sites (N-methyl/N-ethyl adjacent to an activating group) is 1. The number of ketones is 1. The van der Waals surface area contributed by atoms with Gasteiger partial charge in [0.05, 0.1) is 26.2 Å². The van der Waals surface area contributed by atoms with Crippen molar-refractivity contribution in [1.82, 2.24) is 10.3 Å². The lowest BCUT2D eigenvalue weighted by Crippen LogP contribution is -2.51. The first-order valence-corrected chi connectivity index (χ1v) is 12.0. The van der Waals surface area contributed by atoms with Gasteiger partial charge in [-0.2, -0.15) is 4.99 Å². The molecule has 3 unspecified atom stereocenters. The molecule has 2 aliphatic rings. The fourth-order valence-corrected chi connectivity index (χ4v) is 5.02. The van der Waals surface area contributed by atoms with Crippen LogP contribution in [-0.2, 0) is 14.3 Å². The van der Waals surface area contributed by atoms with Crippen LogP contribution in [-0.4, -0.2) is 59.8 Å². The average Bonchev–Trinajstić information content (AvgIpc) is 3.26. The number of fused-ring (bicyclic) bond motifs is 1. The minimum absolute atomic E-state index is 0.0739. The topological polar surface area (TPSA) is 80.7 Å². The van der Waals surface area contributed by atoms with Gasteiger partial charge in [-0.15, -0.1) is 11.3 Å². The zero-order valence-electron chi connectivity index (χ0n) is 19.5. The summed E-state index contributed by atoms with van der Waals surface area (Å²) in [6, 6.07) is -0.584. The Morgan fingerprint density at radius 2 is 2.10 bits per heavy atom. The van der Waals surface area contributed by atoms with E-state index in [4.69, 9.17) is 9.73 Å². The number of nitrogens with zero attached hydrogens (tertiary/aromatic N) is 3. The summed E-state index contributed by atoms with van der Waals surface area (Å²) in [5.74, 6) is 0.434. The van der Waals surface area contributed by atoms with E-state index in [1.165, 1.54) is 11.3 Å². The minimum atomic E-state index is -0.584. The summed E-state index contributed by atoms with van der Waals surface area (Å²) in [5.41, 5.74) is 0.792. The highest BCUT2D eigenvalue weighted by Crippen LogP contribution is 2.34. The first-order valence-electron chi connectivity index (χ1n) is 11.1. The van der Waals surface area contributed by atoms with Gasteiger partial charge >= 0.3 is 0 Å². The molecule has 2 aliphatic heterocycles. The van der Waals surface area contributed by atoms with Gasteiger partial charge in [-0.1, -0.05) is 41.0 Å². The predicted molar refractivity (Wildman–Crippen MR) is 123 cm³/mol. The van der Waals surface area contributed by atoms with Crippen molar-refractivity contribution in [3.8, 4) is 0 Å². The Balaban J connectivity index is 1.96. The van der Waals surface area contributed by atoms with Gasteiger partial charge in [-0.25, -0.2) is 9.47 Å². The number of rotatable bonds is 7. The molecule has 3 heterocycles. The summed E-state index contributed by atoms with van der Waals surface area (Å²) in [6.45, 7) is 11.8. The molecule has 3 atom stereocenters. The maximum Gasteiger partial charge on any atom is 0.276 e. The van der Waals surface area contributed by atoms with E-state index in [2.05, 4.69) is 24.3 Å². The average molecular weight is 448 g/mol. The number of amides is 1. The van der Waals surface area contributed by atoms with Gasteiger partial charge in [0.15, 0.2) is 22.2 Å². The maximum absolute atomic E-state index is 13.5. The number of hydrogen-bond acceptors (Lipinski definition) is 6. The number of ether oxygens (including phenoxy) is 1. The number of hydrogen-bond donors (Lipinski definition) is 1. The lowest BCUT2D eigenvalue weighted by Gasteiger charge is -2.32. The number of carbonyl (C=O) groups is 2. The molecule has 1 aromatic heterocycles. The summed E-state index contributed by atoms with van der Waals surface area (Å²) in [7, 11) is 2.07. The van der Waals surface area contributed by atoms with Crippen molar-refractivity contribution in [2.24, 2.45) is 16.3 Å². The number of nitrogens with one attached hydrogen (secondary N) is 1. The van der Waals surface area contributed by atoms with Gasteiger partial charge in [0.25, 0.3) is 11.7 Å². The Hall–Kier alpha value is -1.90. The SMILES string of the molecule is CCCC(C)C(=O)C(NC(=O)C1=C2COCCC[N+]2(C)C(c2nccs2)=N1)C(C)(C)C. The Labute approximate surface area is 189 Å². The van der Waals surface area contributed by atoms with Crippen LogP contribution >= 0.6 is 11.3 Å². The number of quaternary nitrogens is 1. The van der Waals surface area contributed by atoms with Gasteiger partial charge < -0.3 is 10.1 Å². The second-order valence-corrected chi connectivity index (χ2v) is 10.6. The monoisotopic (exact) mass is 447 g/mol. The normalized spacial score (nSPS) is 23.6. The van der Waals surface area contributed by atoms with E-state index in [1.807, 2.05) is 33.1 Å². The van der Waals surface area contributed by atoms with E-state index in [9.17, 15) is 9.59 Å². The minimum Gasteiger partial charge on any atom is -0.371 e. The van der Waals surface area contributed by atoms with E-state index in [0.29, 0.717) is 23.4 Å². The number of Topliss-reactive ketones (excluding diaryl/α,β-unsaturated/α-hetero) is 1. The van der Waals surface area contributed by atoms with Crippen molar-refractivity contribution in [3.63, 3.8) is 0 Å². The second kappa shape index (κ2) is 9.30. The number of amidine groups is 1. The number of carbonyl (C=O) groups excluding carboxylic acids is 2. The summed E-state index contributed by atoms with van der Waals surface area (Å²) < 4.78 is 6.23. The molecule has 170 valence electrons. The third-order valence-electron chi connectivity index (χ3n) is 6.16. The zero-order valence-corrected chi connectivity index (χ0v) is 20.3. The molecule has 0 aliphatic carbocycles. The van der Waals surface area contributed by atoms with Crippen LogP contribution in [0.25, 0.3) is 0 Å². The molecule has 0 radical (unpaired) electrons. The molecule has 8 heteroatoms. The summed E-state index contributed by atoms with van der Waals surface area (Å²) in [4.78, 5) is 35.9. The van der Waals surface area contributed by atoms with Crippen molar-refractivity contribution in [2.75, 3.05) is 26.8 Å². The standard InChI is InChI=1S/C23H34N4O3S/c1-7-9-15(2)18(28)19(23(3,4)5)26-21(29)17-16-14-30-12-8-11-27(16,6)20(25-17)22-24-10-13-31-22/h10,13,15,19H,7-9,11-12,14H2,1-6H3/p+1. The summed E-state index contributed by atoms with van der Waals surface area (Å²) in [6.07, 6.45) is 4.37. The Kier molecular flexibility index (Phi) is 7.13. The van der Waals surface area contributed by atoms with Gasteiger partial charge in [-0.05, 0) is 11.8 Å². The molecule has 1 fully saturated rings. The first-order chi connectivity index (χ1) is 14.6. The molecule has 0 saturated carbocycles. The van der Waals surface area contributed by atoms with Crippen LogP contribution in [0, 0.1) is 11.3 Å². The smallest absolute Gasteiger partial charge is 0.276 e. The molecule has 31 heavy (non-hydrogen) atoms. The molecule has 0 aromatic carbocycles. The molecule has 1 amide bonds. The van der Waals surface area contributed by atoms with Gasteiger partial charge in [0, 0.05) is 23.9 Å². The van der Waals surface area contributed by atoms with Crippen LogP contribution in [0.2, 0.25) is 0 Å². The van der Waals surface area contributed by atoms with Crippen molar-refractivity contribution in [3.05, 3.63) is 28.0 Å². The highest BCUT2D eigenvalue weighted by Gasteiger charge is 2.48. The van der Waals surface area contributed by atoms with Crippen LogP contribution in [0.3, 0.4) is 0 Å². The van der Waals surface area contributed by atoms with Gasteiger partial charge in [0.2, 0.25) is 0 Å². The number of thiazole rings is 1. The third-order valence-corrected chi connectivity index (χ3v) is 6.93. The van der Waals surface area contributed by atoms with Crippen molar-refractivity contribution >= 4 is 28.9 Å². The predicted octanol–water partition coefficient (Wildman–Crippen LogP) is 3.52. The highest BCUT2D eigenvalue weighted by atomic mass is 32.1. The molecule has 0 spiro atoms. The van der Waals surface area contributed by atoms with E-state index in [1.54, 1.807) is 6.20 Å². The van der Waals surface area contributed by atoms with Crippen LogP contribution < -0.4 is 5.32 Å². The van der Waals surface area contributed by atoms with Crippen molar-refractivity contribution in [2.45, 2.75) is 59.9 Å². The van der Waals surface area contributed by atoms with Crippen LogP contribution in [0.15, 0.2) is 28.0 Å². The molecular weight excluding hydrogens is 412 g/mol. The molecule has 1 N–H and O–H groups in total. The lowest BCUT2D eigenvalue weighted by atomic mass is 9.79. The number of aromatic nitrogens is 1. The Morgan fingerprint density at radius 1 is 1.35 bits per heavy atom. The van der Waals surface area contributed by atoms with E-state index in [-0.39, 0.29) is 17.6 Å². The zero-order chi connectivity index (χ0) is 22.8. The quantitative estimate of drug-likeness (QED) is 0.649. The molecule has 0 bridgehead atoms. The largest absolute Gasteiger partial charge is 0.371 e.